The van der Waals surface area contributed by atoms with Crippen molar-refractivity contribution in [2.24, 2.45) is 13.0 Å². The molecule has 2 atom stereocenters. The number of aromatic nitrogens is 3. The summed E-state index contributed by atoms with van der Waals surface area (Å²) >= 11 is 0. The highest BCUT2D eigenvalue weighted by Crippen LogP contribution is 2.31. The third-order valence-electron chi connectivity index (χ3n) is 7.61. The Morgan fingerprint density at radius 3 is 2.57 bits per heavy atom. The molecule has 184 valence electrons. The second kappa shape index (κ2) is 9.13. The molecule has 3 aromatic rings. The van der Waals surface area contributed by atoms with Crippen LogP contribution in [-0.4, -0.2) is 83.4 Å². The lowest BCUT2D eigenvalue weighted by Gasteiger charge is -2.43. The van der Waals surface area contributed by atoms with Crippen LogP contribution in [-0.2, 0) is 16.6 Å². The van der Waals surface area contributed by atoms with Crippen LogP contribution in [0.1, 0.15) is 13.3 Å². The molecule has 6 rings (SSSR count). The van der Waals surface area contributed by atoms with E-state index in [0.717, 1.165) is 61.7 Å². The normalized spacial score (nSPS) is 22.3. The number of aryl methyl sites for hydroxylation is 1. The number of ether oxygens (including phenoxy) is 2. The van der Waals surface area contributed by atoms with E-state index in [4.69, 9.17) is 14.5 Å². The first-order valence-electron chi connectivity index (χ1n) is 12.5. The maximum Gasteiger partial charge on any atom is 0.241 e. The molecule has 9 nitrogen and oxygen atoms in total. The number of nitrogens with zero attached hydrogens (tertiary/aromatic N) is 5. The molecule has 1 amide bonds. The largest absolute Gasteiger partial charge is 0.473 e. The lowest BCUT2D eigenvalue weighted by atomic mass is 10.0. The number of anilines is 1. The molecule has 0 aliphatic carbocycles. The van der Waals surface area contributed by atoms with Crippen LogP contribution in [0.15, 0.2) is 36.7 Å². The summed E-state index contributed by atoms with van der Waals surface area (Å²) in [5, 5.41) is 2.89. The van der Waals surface area contributed by atoms with E-state index in [0.29, 0.717) is 24.9 Å². The smallest absolute Gasteiger partial charge is 0.241 e. The first-order valence-corrected chi connectivity index (χ1v) is 12.5. The van der Waals surface area contributed by atoms with Crippen molar-refractivity contribution in [1.82, 2.24) is 24.8 Å². The van der Waals surface area contributed by atoms with Gasteiger partial charge in [-0.1, -0.05) is 12.1 Å². The highest BCUT2D eigenvalue weighted by atomic mass is 16.5. The summed E-state index contributed by atoms with van der Waals surface area (Å²) in [6.45, 7) is 8.62. The van der Waals surface area contributed by atoms with Gasteiger partial charge in [0.15, 0.2) is 0 Å². The number of amides is 1. The quantitative estimate of drug-likeness (QED) is 0.583. The van der Waals surface area contributed by atoms with Gasteiger partial charge in [0, 0.05) is 63.4 Å². The summed E-state index contributed by atoms with van der Waals surface area (Å²) in [6.07, 6.45) is 2.13. The van der Waals surface area contributed by atoms with Crippen LogP contribution in [0, 0.1) is 5.92 Å². The summed E-state index contributed by atoms with van der Waals surface area (Å²) in [7, 11) is 1.95. The van der Waals surface area contributed by atoms with Crippen molar-refractivity contribution in [3.8, 4) is 17.1 Å². The van der Waals surface area contributed by atoms with Crippen LogP contribution in [0.2, 0.25) is 0 Å². The van der Waals surface area contributed by atoms with Crippen LogP contribution in [0.5, 0.6) is 5.88 Å². The number of rotatable bonds is 6. The van der Waals surface area contributed by atoms with E-state index >= 15 is 0 Å². The fourth-order valence-electron chi connectivity index (χ4n) is 5.22. The number of carbonyl (C=O) groups is 1. The van der Waals surface area contributed by atoms with Gasteiger partial charge >= 0.3 is 0 Å². The molecular formula is C26H32N6O3. The summed E-state index contributed by atoms with van der Waals surface area (Å²) in [6, 6.07) is 11.2. The maximum atomic E-state index is 11.7. The van der Waals surface area contributed by atoms with Gasteiger partial charge in [0.1, 0.15) is 11.6 Å². The van der Waals surface area contributed by atoms with Gasteiger partial charge in [0.05, 0.1) is 36.8 Å². The van der Waals surface area contributed by atoms with E-state index in [1.54, 1.807) is 6.33 Å². The number of carbonyl (C=O) groups excluding carboxylic acids is 1. The van der Waals surface area contributed by atoms with Crippen molar-refractivity contribution in [2.45, 2.75) is 25.5 Å². The number of piperazine rings is 1. The second-order valence-electron chi connectivity index (χ2n) is 9.89. The fourth-order valence-corrected chi connectivity index (χ4v) is 5.22. The molecule has 1 N–H and O–H groups in total. The molecule has 0 saturated carbocycles. The first kappa shape index (κ1) is 22.3. The SMILES string of the molecule is CC(Oc1nc(-c2ccc(N3CCN(C4COC4)CC3)cc2)cc2ncn(C)c12)C1CNC(=O)C1. The predicted molar refractivity (Wildman–Crippen MR) is 134 cm³/mol. The number of benzene rings is 1. The lowest BCUT2D eigenvalue weighted by molar-refractivity contribution is -0.119. The van der Waals surface area contributed by atoms with Gasteiger partial charge in [-0.3, -0.25) is 9.69 Å². The molecule has 5 heterocycles. The van der Waals surface area contributed by atoms with Gasteiger partial charge in [0.25, 0.3) is 0 Å². The van der Waals surface area contributed by atoms with Crippen molar-refractivity contribution in [3.05, 3.63) is 36.7 Å². The molecule has 3 aliphatic heterocycles. The molecule has 0 bridgehead atoms. The van der Waals surface area contributed by atoms with Crippen LogP contribution >= 0.6 is 0 Å². The van der Waals surface area contributed by atoms with Crippen molar-refractivity contribution < 1.29 is 14.3 Å². The number of pyridine rings is 1. The Balaban J connectivity index is 1.21. The van der Waals surface area contributed by atoms with Gasteiger partial charge in [-0.15, -0.1) is 0 Å². The Morgan fingerprint density at radius 1 is 1.14 bits per heavy atom. The zero-order valence-electron chi connectivity index (χ0n) is 20.3. The van der Waals surface area contributed by atoms with Crippen LogP contribution < -0.4 is 15.0 Å². The maximum absolute atomic E-state index is 11.7. The first-order chi connectivity index (χ1) is 17.0. The molecule has 3 fully saturated rings. The Kier molecular flexibility index (Phi) is 5.82. The van der Waals surface area contributed by atoms with Gasteiger partial charge < -0.3 is 24.3 Å². The molecular weight excluding hydrogens is 444 g/mol. The zero-order valence-corrected chi connectivity index (χ0v) is 20.3. The standard InChI is InChI=1S/C26H32N6O3/c1-17(19-11-24(33)27-13-19)35-26-25-23(28-16-30(25)2)12-22(29-26)18-3-5-20(6-4-18)31-7-9-32(10-8-31)21-14-34-15-21/h3-6,12,16-17,19,21H,7-11,13-15H2,1-2H3,(H,27,33). The van der Waals surface area contributed by atoms with E-state index in [1.165, 1.54) is 5.69 Å². The van der Waals surface area contributed by atoms with E-state index in [1.807, 2.05) is 24.6 Å². The number of nitrogens with one attached hydrogen (secondary N) is 1. The second-order valence-corrected chi connectivity index (χ2v) is 9.89. The molecule has 2 aromatic heterocycles. The number of imidazole rings is 1. The minimum atomic E-state index is -0.137. The number of hydrogen-bond donors (Lipinski definition) is 1. The molecule has 3 saturated heterocycles. The highest BCUT2D eigenvalue weighted by Gasteiger charge is 2.30. The molecule has 1 aromatic carbocycles. The summed E-state index contributed by atoms with van der Waals surface area (Å²) in [5.74, 6) is 0.772. The topological polar surface area (TPSA) is 84.8 Å². The Labute approximate surface area is 205 Å². The summed E-state index contributed by atoms with van der Waals surface area (Å²) in [5.41, 5.74) is 4.81. The van der Waals surface area contributed by atoms with Crippen molar-refractivity contribution in [1.29, 1.82) is 0 Å². The zero-order chi connectivity index (χ0) is 23.9. The van der Waals surface area contributed by atoms with Crippen LogP contribution in [0.4, 0.5) is 5.69 Å². The highest BCUT2D eigenvalue weighted by molar-refractivity contribution is 5.85. The van der Waals surface area contributed by atoms with Crippen molar-refractivity contribution in [2.75, 3.05) is 50.8 Å². The van der Waals surface area contributed by atoms with Crippen molar-refractivity contribution >= 4 is 22.6 Å². The Morgan fingerprint density at radius 2 is 1.91 bits per heavy atom. The van der Waals surface area contributed by atoms with Crippen LogP contribution in [0.25, 0.3) is 22.3 Å². The van der Waals surface area contributed by atoms with Gasteiger partial charge in [-0.25, -0.2) is 9.97 Å². The fraction of sp³-hybridized carbons (Fsp3) is 0.500. The minimum absolute atomic E-state index is 0.0800. The monoisotopic (exact) mass is 476 g/mol. The van der Waals surface area contributed by atoms with E-state index < -0.39 is 0 Å². The van der Waals surface area contributed by atoms with Crippen LogP contribution in [0.3, 0.4) is 0 Å². The van der Waals surface area contributed by atoms with E-state index in [2.05, 4.69) is 44.4 Å². The average Bonchev–Trinajstić information content (AvgIpc) is 3.44. The van der Waals surface area contributed by atoms with E-state index in [9.17, 15) is 4.79 Å². The third-order valence-corrected chi connectivity index (χ3v) is 7.61. The third kappa shape index (κ3) is 4.34. The number of hydrogen-bond acceptors (Lipinski definition) is 7. The summed E-state index contributed by atoms with van der Waals surface area (Å²) < 4.78 is 13.6. The Hall–Kier alpha value is -3.17. The lowest BCUT2D eigenvalue weighted by Crippen LogP contribution is -2.56. The van der Waals surface area contributed by atoms with Gasteiger partial charge in [0.2, 0.25) is 11.8 Å². The van der Waals surface area contributed by atoms with Gasteiger partial charge in [-0.05, 0) is 25.1 Å². The number of fused-ring (bicyclic) bond motifs is 1. The molecule has 2 unspecified atom stereocenters. The molecule has 9 heteroatoms. The molecule has 3 aliphatic rings. The minimum Gasteiger partial charge on any atom is -0.473 e. The average molecular weight is 477 g/mol. The van der Waals surface area contributed by atoms with Gasteiger partial charge in [-0.2, -0.15) is 0 Å². The van der Waals surface area contributed by atoms with Crippen molar-refractivity contribution in [3.63, 3.8) is 0 Å². The molecule has 0 spiro atoms. The molecule has 0 radical (unpaired) electrons. The van der Waals surface area contributed by atoms with E-state index in [-0.39, 0.29) is 17.9 Å². The molecule has 35 heavy (non-hydrogen) atoms. The Bertz CT molecular complexity index is 1210. The summed E-state index contributed by atoms with van der Waals surface area (Å²) in [4.78, 5) is 26.1. The predicted octanol–water partition coefficient (Wildman–Crippen LogP) is 2.06.